The van der Waals surface area contributed by atoms with Gasteiger partial charge in [-0.15, -0.1) is 0 Å². The third-order valence-corrected chi connectivity index (χ3v) is 1.92. The number of aromatic nitrogens is 2. The van der Waals surface area contributed by atoms with E-state index < -0.39 is 17.6 Å². The molecule has 1 heterocycles. The van der Waals surface area contributed by atoms with E-state index in [0.717, 1.165) is 6.20 Å². The van der Waals surface area contributed by atoms with E-state index >= 15 is 0 Å². The highest BCUT2D eigenvalue weighted by Gasteiger charge is 2.44. The molecule has 0 N–H and O–H groups in total. The molecule has 0 aliphatic carbocycles. The van der Waals surface area contributed by atoms with Crippen LogP contribution in [0.15, 0.2) is 12.4 Å². The van der Waals surface area contributed by atoms with E-state index in [2.05, 4.69) is 14.7 Å². The molecule has 0 saturated heterocycles. The number of nitrogens with zero attached hydrogens (tertiary/aromatic N) is 2. The van der Waals surface area contributed by atoms with Gasteiger partial charge < -0.3 is 4.74 Å². The number of rotatable bonds is 4. The van der Waals surface area contributed by atoms with Crippen LogP contribution in [-0.2, 0) is 21.9 Å². The van der Waals surface area contributed by atoms with Crippen molar-refractivity contribution in [3.05, 3.63) is 23.8 Å². The minimum Gasteiger partial charge on any atom is -0.461 e. The van der Waals surface area contributed by atoms with Crippen molar-refractivity contribution < 1.29 is 18.3 Å². The molecule has 0 radical (unpaired) electrons. The van der Waals surface area contributed by atoms with Crippen molar-refractivity contribution in [2.75, 3.05) is 6.61 Å². The molecule has 4 nitrogen and oxygen atoms in total. The molecule has 0 amide bonds. The minimum atomic E-state index is -3.74. The predicted octanol–water partition coefficient (Wildman–Crippen LogP) is 1.69. The van der Waals surface area contributed by atoms with E-state index in [1.54, 1.807) is 0 Å². The largest absolute Gasteiger partial charge is 0.461 e. The fourth-order valence-corrected chi connectivity index (χ4v) is 1.03. The van der Waals surface area contributed by atoms with Gasteiger partial charge in [0.15, 0.2) is 0 Å². The molecule has 0 unspecified atom stereocenters. The molecular weight excluding hydrogens is 218 g/mol. The van der Waals surface area contributed by atoms with E-state index in [0.29, 0.717) is 12.1 Å². The van der Waals surface area contributed by atoms with Crippen molar-refractivity contribution >= 4 is 5.97 Å². The molecule has 88 valence electrons. The van der Waals surface area contributed by atoms with Crippen molar-refractivity contribution in [2.45, 2.75) is 26.2 Å². The van der Waals surface area contributed by atoms with Crippen molar-refractivity contribution in [1.29, 1.82) is 0 Å². The Morgan fingerprint density at radius 3 is 2.50 bits per heavy atom. The average Bonchev–Trinajstić information content (AvgIpc) is 2.29. The van der Waals surface area contributed by atoms with Crippen LogP contribution in [0.2, 0.25) is 0 Å². The molecule has 1 aromatic heterocycles. The van der Waals surface area contributed by atoms with E-state index in [-0.39, 0.29) is 6.61 Å². The van der Waals surface area contributed by atoms with Gasteiger partial charge in [-0.3, -0.25) is 9.97 Å². The van der Waals surface area contributed by atoms with Gasteiger partial charge in [-0.05, 0) is 13.3 Å². The summed E-state index contributed by atoms with van der Waals surface area (Å²) in [6.45, 7) is 3.18. The van der Waals surface area contributed by atoms with Gasteiger partial charge >= 0.3 is 11.9 Å². The van der Waals surface area contributed by atoms with Crippen LogP contribution in [0, 0.1) is 0 Å². The molecule has 0 bridgehead atoms. The molecule has 0 saturated carbocycles. The average molecular weight is 230 g/mol. The Morgan fingerprint density at radius 1 is 1.38 bits per heavy atom. The van der Waals surface area contributed by atoms with E-state index in [4.69, 9.17) is 0 Å². The van der Waals surface area contributed by atoms with Gasteiger partial charge in [-0.2, -0.15) is 8.78 Å². The summed E-state index contributed by atoms with van der Waals surface area (Å²) in [5.74, 6) is -5.34. The van der Waals surface area contributed by atoms with Gasteiger partial charge in [0.25, 0.3) is 0 Å². The Morgan fingerprint density at radius 2 is 2.06 bits per heavy atom. The van der Waals surface area contributed by atoms with Crippen LogP contribution < -0.4 is 0 Å². The predicted molar refractivity (Wildman–Crippen MR) is 51.9 cm³/mol. The number of aryl methyl sites for hydroxylation is 1. The maximum Gasteiger partial charge on any atom is 0.385 e. The topological polar surface area (TPSA) is 52.1 Å². The second-order valence-electron chi connectivity index (χ2n) is 3.04. The third kappa shape index (κ3) is 2.50. The molecule has 1 rings (SSSR count). The lowest BCUT2D eigenvalue weighted by Gasteiger charge is -2.13. The Labute approximate surface area is 91.7 Å². The van der Waals surface area contributed by atoms with E-state index in [1.807, 2.05) is 6.92 Å². The van der Waals surface area contributed by atoms with Gasteiger partial charge in [-0.1, -0.05) is 6.92 Å². The molecule has 1 aromatic rings. The first kappa shape index (κ1) is 12.5. The second-order valence-corrected chi connectivity index (χ2v) is 3.04. The van der Waals surface area contributed by atoms with E-state index in [1.165, 1.54) is 13.1 Å². The highest BCUT2D eigenvalue weighted by molar-refractivity contribution is 5.78. The fourth-order valence-electron chi connectivity index (χ4n) is 1.03. The summed E-state index contributed by atoms with van der Waals surface area (Å²) >= 11 is 0. The number of halogens is 2. The van der Waals surface area contributed by atoms with Crippen LogP contribution in [0.3, 0.4) is 0 Å². The number of carbonyl (C=O) groups excluding carboxylic acids is 1. The van der Waals surface area contributed by atoms with Gasteiger partial charge in [0.05, 0.1) is 18.5 Å². The number of esters is 1. The third-order valence-electron chi connectivity index (χ3n) is 1.92. The van der Waals surface area contributed by atoms with Gasteiger partial charge in [-0.25, -0.2) is 4.79 Å². The first-order valence-electron chi connectivity index (χ1n) is 4.88. The highest BCUT2D eigenvalue weighted by atomic mass is 19.3. The molecule has 0 fully saturated rings. The van der Waals surface area contributed by atoms with Crippen LogP contribution in [0.1, 0.15) is 25.2 Å². The molecule has 0 atom stereocenters. The van der Waals surface area contributed by atoms with Crippen LogP contribution in [0.4, 0.5) is 8.78 Å². The summed E-state index contributed by atoms with van der Waals surface area (Å²) in [5, 5.41) is 0. The maximum absolute atomic E-state index is 13.4. The minimum absolute atomic E-state index is 0.102. The Hall–Kier alpha value is -1.59. The normalized spacial score (nSPS) is 11.2. The first-order chi connectivity index (χ1) is 7.52. The number of hydrogen-bond donors (Lipinski definition) is 0. The Kier molecular flexibility index (Phi) is 3.87. The number of ether oxygens (including phenoxy) is 1. The summed E-state index contributed by atoms with van der Waals surface area (Å²) in [6, 6.07) is 0. The number of carbonyl (C=O) groups is 1. The van der Waals surface area contributed by atoms with Crippen LogP contribution in [0.25, 0.3) is 0 Å². The van der Waals surface area contributed by atoms with Gasteiger partial charge in [0, 0.05) is 6.20 Å². The SMILES string of the molecule is CCOC(=O)C(F)(F)c1cnc(CC)cn1. The lowest BCUT2D eigenvalue weighted by Crippen LogP contribution is -2.29. The van der Waals surface area contributed by atoms with Crippen molar-refractivity contribution in [2.24, 2.45) is 0 Å². The molecule has 16 heavy (non-hydrogen) atoms. The van der Waals surface area contributed by atoms with Crippen molar-refractivity contribution in [1.82, 2.24) is 9.97 Å². The molecule has 0 aliphatic heterocycles. The first-order valence-corrected chi connectivity index (χ1v) is 4.88. The van der Waals surface area contributed by atoms with Crippen LogP contribution in [-0.4, -0.2) is 22.5 Å². The zero-order valence-corrected chi connectivity index (χ0v) is 9.04. The van der Waals surface area contributed by atoms with Crippen molar-refractivity contribution in [3.8, 4) is 0 Å². The van der Waals surface area contributed by atoms with Crippen molar-refractivity contribution in [3.63, 3.8) is 0 Å². The molecule has 0 spiro atoms. The zero-order chi connectivity index (χ0) is 12.2. The Bertz CT molecular complexity index is 366. The number of alkyl halides is 2. The lowest BCUT2D eigenvalue weighted by molar-refractivity contribution is -0.173. The summed E-state index contributed by atoms with van der Waals surface area (Å²) < 4.78 is 31.1. The summed E-state index contributed by atoms with van der Waals surface area (Å²) in [6.07, 6.45) is 2.72. The summed E-state index contributed by atoms with van der Waals surface area (Å²) in [4.78, 5) is 18.2. The van der Waals surface area contributed by atoms with Crippen LogP contribution >= 0.6 is 0 Å². The van der Waals surface area contributed by atoms with Gasteiger partial charge in [0.2, 0.25) is 0 Å². The smallest absolute Gasteiger partial charge is 0.385 e. The lowest BCUT2D eigenvalue weighted by atomic mass is 10.2. The summed E-state index contributed by atoms with van der Waals surface area (Å²) in [5.41, 5.74) is -0.105. The molecule has 0 aromatic carbocycles. The van der Waals surface area contributed by atoms with E-state index in [9.17, 15) is 13.6 Å². The standard InChI is InChI=1S/C10H12F2N2O2/c1-3-7-5-14-8(6-13-7)10(11,12)9(15)16-4-2/h5-6H,3-4H2,1-2H3. The quantitative estimate of drug-likeness (QED) is 0.738. The fraction of sp³-hybridized carbons (Fsp3) is 0.500. The zero-order valence-electron chi connectivity index (χ0n) is 9.04. The maximum atomic E-state index is 13.4. The Balaban J connectivity index is 2.93. The van der Waals surface area contributed by atoms with Gasteiger partial charge in [0.1, 0.15) is 5.69 Å². The number of hydrogen-bond acceptors (Lipinski definition) is 4. The molecule has 0 aliphatic rings. The molecular formula is C10H12F2N2O2. The summed E-state index contributed by atoms with van der Waals surface area (Å²) in [7, 11) is 0. The second kappa shape index (κ2) is 4.96. The highest BCUT2D eigenvalue weighted by Crippen LogP contribution is 2.27. The molecule has 6 heteroatoms. The monoisotopic (exact) mass is 230 g/mol. The van der Waals surface area contributed by atoms with Crippen LogP contribution in [0.5, 0.6) is 0 Å².